The second-order valence-electron chi connectivity index (χ2n) is 41.1. The molecule has 2 aliphatic rings. The number of carbonyl (C=O) groups is 3. The largest absolute Gasteiger partial charge is 0.507 e. The Kier molecular flexibility index (Phi) is 51.3. The summed E-state index contributed by atoms with van der Waals surface area (Å²) in [5.41, 5.74) is 8.16. The summed E-state index contributed by atoms with van der Waals surface area (Å²) in [5, 5.41) is 57.8. The van der Waals surface area contributed by atoms with E-state index in [1.165, 1.54) is 66.2 Å². The van der Waals surface area contributed by atoms with Crippen molar-refractivity contribution in [2.45, 2.75) is 293 Å². The normalized spacial score (nSPS) is 15.8. The van der Waals surface area contributed by atoms with Crippen LogP contribution in [-0.4, -0.2) is 114 Å². The molecule has 761 valence electrons. The predicted molar refractivity (Wildman–Crippen MR) is 574 cm³/mol. The number of phenols is 2. The second-order valence-corrected chi connectivity index (χ2v) is 44.4. The van der Waals surface area contributed by atoms with E-state index in [2.05, 4.69) is 208 Å². The molecular weight excluding hydrogens is 2090 g/mol. The molecule has 0 bridgehead atoms. The summed E-state index contributed by atoms with van der Waals surface area (Å²) in [7, 11) is 0. The van der Waals surface area contributed by atoms with Gasteiger partial charge in [-0.05, 0) is 261 Å². The zero-order chi connectivity index (χ0) is 105. The number of nitriles is 2. The van der Waals surface area contributed by atoms with E-state index in [0.717, 1.165) is 74.6 Å². The fraction of sp³-hybridized carbons (Fsp3) is 0.460. The van der Waals surface area contributed by atoms with Gasteiger partial charge in [-0.3, -0.25) is 14.8 Å². The number of halogens is 9. The molecule has 0 spiro atoms. The van der Waals surface area contributed by atoms with Gasteiger partial charge in [-0.1, -0.05) is 240 Å². The Bertz CT molecular complexity index is 5330. The van der Waals surface area contributed by atoms with Crippen LogP contribution in [-0.2, 0) is 69.5 Å². The Morgan fingerprint density at radius 2 is 0.899 bits per heavy atom. The molecule has 2 aliphatic heterocycles. The Morgan fingerprint density at radius 3 is 1.19 bits per heavy atom. The molecule has 2 heterocycles. The maximum Gasteiger partial charge on any atom is 0.411 e. The summed E-state index contributed by atoms with van der Waals surface area (Å²) in [5.74, 6) is -0.153. The van der Waals surface area contributed by atoms with Gasteiger partial charge in [0.25, 0.3) is 6.26 Å². The van der Waals surface area contributed by atoms with Crippen molar-refractivity contribution in [1.29, 1.82) is 10.5 Å². The van der Waals surface area contributed by atoms with Crippen LogP contribution in [0.2, 0.25) is 0 Å². The third-order valence-corrected chi connectivity index (χ3v) is 25.9. The van der Waals surface area contributed by atoms with Crippen molar-refractivity contribution in [1.82, 2.24) is 9.80 Å². The Morgan fingerprint density at radius 1 is 0.554 bits per heavy atom. The minimum absolute atomic E-state index is 0. The molecule has 1 radical (unpaired) electrons. The molecule has 1 unspecified atom stereocenters. The number of ketones is 1. The van der Waals surface area contributed by atoms with Gasteiger partial charge >= 0.3 is 12.2 Å². The van der Waals surface area contributed by atoms with Gasteiger partial charge < -0.3 is 44.4 Å². The van der Waals surface area contributed by atoms with Crippen molar-refractivity contribution in [3.63, 3.8) is 0 Å². The number of phenolic OH excluding ortho intramolecular Hbond substituents is 2. The smallest absolute Gasteiger partial charge is 0.411 e. The monoisotopic (exact) mass is 2240 g/mol. The van der Waals surface area contributed by atoms with E-state index in [4.69, 9.17) is 53.0 Å². The number of aliphatic hydroxyl groups is 2. The Hall–Kier alpha value is -8.67. The quantitative estimate of drug-likeness (QED) is 0.00795. The number of aliphatic imine (C=N–C) groups is 2. The van der Waals surface area contributed by atoms with Gasteiger partial charge in [0.05, 0.1) is 40.2 Å². The minimum atomic E-state index is -1.04. The molecule has 0 saturated carbocycles. The molecule has 16 nitrogen and oxygen atoms in total. The van der Waals surface area contributed by atoms with E-state index in [-0.39, 0.29) is 110 Å². The number of allylic oxidation sites excluding steroid dienone is 1. The molecule has 139 heavy (non-hydrogen) atoms. The van der Waals surface area contributed by atoms with E-state index >= 15 is 0 Å². The maximum atomic E-state index is 13.5. The van der Waals surface area contributed by atoms with Crippen LogP contribution in [0.5, 0.6) is 11.5 Å². The van der Waals surface area contributed by atoms with Crippen LogP contribution >= 0.6 is 77.7 Å². The number of ether oxygens (including phenoxy) is 3. The number of hydrogen-bond donors (Lipinski definition) is 4. The number of cyclic esters (lactones) is 2. The van der Waals surface area contributed by atoms with E-state index in [1.54, 1.807) is 71.8 Å². The van der Waals surface area contributed by atoms with Crippen LogP contribution < -0.4 is 0 Å². The number of aromatic hydroxyl groups is 2. The van der Waals surface area contributed by atoms with Crippen LogP contribution in [0.1, 0.15) is 309 Å². The molecular formula is C113H147Br2Cl2CoF4IN6O10. The first-order valence-corrected chi connectivity index (χ1v) is 50.3. The molecule has 8 aromatic carbocycles. The topological polar surface area (TPSA) is 239 Å². The average molecular weight is 2240 g/mol. The third-order valence-electron chi connectivity index (χ3n) is 23.2. The van der Waals surface area contributed by atoms with Crippen LogP contribution in [0.4, 0.5) is 27.2 Å². The van der Waals surface area contributed by atoms with Crippen LogP contribution in [0.15, 0.2) is 225 Å². The first-order chi connectivity index (χ1) is 63.8. The summed E-state index contributed by atoms with van der Waals surface area (Å²) in [6.45, 7) is 65.5. The van der Waals surface area contributed by atoms with Gasteiger partial charge in [-0.15, -0.1) is 29.8 Å². The number of rotatable bonds is 25. The average Bonchev–Trinajstić information content (AvgIpc) is 0.770. The van der Waals surface area contributed by atoms with Gasteiger partial charge in [-0.25, -0.2) is 27.2 Å². The standard InChI is InChI=1S/C36H56N2O2.C23H24BrFN2O2.C22H23BrFNO2.C13H16ClFO.C9H8ClFO.C4H7I.C4H7NO.C2H6O.Co/c1-31(2,3)25-17-23(29(39)27(19-25)33(7,8)9)21-37-35(13,14)36(15,16)38-22-24-18-26(32(4,5)6)20-28(30(24)40)34(10,11)12;1-16(17-4-8-19(24)9-5-17)27-13-12-23(29-21(27)28,14-22(2,3)15-26)18-6-10-20(25)11-7-18;1-15(2)14-22(18-6-10-20(24)11-7-18)12-13-25(21(26)27-22)16(3)17-4-8-19(23)9-5-17;1-10(2)9-13(16,7-8-14)11-3-5-12(15)6-4-11;10-6-5-9(12)7-1-3-8(11)4-2-7;1-4(2)3-5;1-4(2)6-3-5;1-2-3;/h17-22,39-40H,1-16H3;4-11,16H,12-14H2,1-3H3;4-11,16H,1,12-14H2,2-3H3;3-6,16H,1,7-9H2,2H3;1-4H,5-6H2;1,3H2,2H3;4H,1-2H3;3H,2H2,1H3;/t;16-,23-;16-,22-;;;;;;/m.00....../s1. The summed E-state index contributed by atoms with van der Waals surface area (Å²) < 4.78 is 71.4. The predicted octanol–water partition coefficient (Wildman–Crippen LogP) is 31.2. The van der Waals surface area contributed by atoms with E-state index in [1.807, 2.05) is 123 Å². The Balaban J connectivity index is 0.000000589. The SMILES string of the molecule is C=C(C)CC(O)(CCCl)c1ccc(F)cc1.C=C(C)CI.C=C(C)C[C@]1(c2ccc(F)cc2)CCN([C@@H](C)c2ccc(Br)cc2)C(=O)O1.CC(C)(C)c1cc(C=NC(C)(C)C(C)(C)N=Cc2cc(C(C)(C)C)cc(C(C)(C)C)c2O)c(O)c(C(C)(C)C)c1.CC(C)OC#N.CCO.C[C@@H](c1ccc(Br)cc1)N1CC[C@](CC(C)(C)C#N)(c2ccc(F)cc2)OC1=O.O=C(CCCl)c1ccc(F)cc1.[Co]. The van der Waals surface area contributed by atoms with Crippen LogP contribution in [0.25, 0.3) is 0 Å². The number of hydrogen-bond acceptors (Lipinski definition) is 14. The minimum Gasteiger partial charge on any atom is -0.507 e. The van der Waals surface area contributed by atoms with Gasteiger partial charge in [0.2, 0.25) is 0 Å². The van der Waals surface area contributed by atoms with Crippen LogP contribution in [0, 0.1) is 51.5 Å². The summed E-state index contributed by atoms with van der Waals surface area (Å²) in [4.78, 5) is 50.5. The molecule has 0 aromatic heterocycles. The molecule has 10 rings (SSSR count). The van der Waals surface area contributed by atoms with Crippen molar-refractivity contribution >= 4 is 108 Å². The van der Waals surface area contributed by atoms with Gasteiger partial charge in [0.15, 0.2) is 5.78 Å². The first-order valence-electron chi connectivity index (χ1n) is 46.2. The number of amides is 2. The summed E-state index contributed by atoms with van der Waals surface area (Å²) in [6, 6.07) is 49.7. The van der Waals surface area contributed by atoms with Gasteiger partial charge in [0, 0.05) is 140 Å². The number of Topliss-reactive ketones (excluding diaryl/α,β-unsaturated/α-hetero) is 1. The molecule has 2 amide bonds. The van der Waals surface area contributed by atoms with Crippen LogP contribution in [0.3, 0.4) is 0 Å². The molecule has 0 aliphatic carbocycles. The molecule has 26 heteroatoms. The maximum absolute atomic E-state index is 13.5. The molecule has 5 atom stereocenters. The first kappa shape index (κ1) is 126. The molecule has 8 aromatic rings. The molecule has 2 fully saturated rings. The number of nitrogens with zero attached hydrogens (tertiary/aromatic N) is 6. The summed E-state index contributed by atoms with van der Waals surface area (Å²) >= 11 is 20.2. The molecule has 2 saturated heterocycles. The fourth-order valence-corrected chi connectivity index (χ4v) is 15.5. The van der Waals surface area contributed by atoms with Gasteiger partial charge in [-0.2, -0.15) is 10.5 Å². The Labute approximate surface area is 877 Å². The second kappa shape index (κ2) is 56.4. The number of carbonyl (C=O) groups excluding carboxylic acids is 3. The van der Waals surface area contributed by atoms with E-state index in [0.29, 0.717) is 86.5 Å². The number of benzene rings is 8. The zero-order valence-corrected chi connectivity index (χ0v) is 93.9. The van der Waals surface area contributed by atoms with Crippen molar-refractivity contribution < 1.29 is 83.4 Å². The van der Waals surface area contributed by atoms with Crippen molar-refractivity contribution in [3.05, 3.63) is 305 Å². The van der Waals surface area contributed by atoms with Crippen molar-refractivity contribution in [2.75, 3.05) is 35.9 Å². The van der Waals surface area contributed by atoms with E-state index in [9.17, 15) is 52.5 Å². The number of aliphatic hydroxyl groups excluding tert-OH is 1. The third kappa shape index (κ3) is 40.6. The fourth-order valence-electron chi connectivity index (χ4n) is 14.5. The van der Waals surface area contributed by atoms with Gasteiger partial charge in [0.1, 0.15) is 52.1 Å². The molecule has 4 N–H and O–H groups in total. The zero-order valence-electron chi connectivity index (χ0n) is 86.0. The van der Waals surface area contributed by atoms with Crippen molar-refractivity contribution in [2.24, 2.45) is 15.4 Å². The summed E-state index contributed by atoms with van der Waals surface area (Å²) in [6.07, 6.45) is 7.58. The van der Waals surface area contributed by atoms with Crippen molar-refractivity contribution in [3.8, 4) is 23.8 Å². The number of alkyl halides is 3. The van der Waals surface area contributed by atoms with E-state index < -0.39 is 39.4 Å².